The van der Waals surface area contributed by atoms with E-state index >= 15 is 0 Å². The molecule has 13 heteroatoms. The number of hydrogen-bond acceptors (Lipinski definition) is 11. The van der Waals surface area contributed by atoms with Crippen LogP contribution in [0.3, 0.4) is 0 Å². The number of ether oxygens (including phenoxy) is 3. The molecule has 0 aliphatic carbocycles. The van der Waals surface area contributed by atoms with E-state index in [2.05, 4.69) is 4.72 Å². The predicted molar refractivity (Wildman–Crippen MR) is 183 cm³/mol. The highest BCUT2D eigenvalue weighted by Gasteiger charge is 2.44. The molecule has 0 saturated carbocycles. The van der Waals surface area contributed by atoms with Crippen molar-refractivity contribution in [3.63, 3.8) is 0 Å². The zero-order chi connectivity index (χ0) is 35.3. The van der Waals surface area contributed by atoms with Gasteiger partial charge in [0.1, 0.15) is 34.4 Å². The van der Waals surface area contributed by atoms with Crippen LogP contribution in [0.4, 0.5) is 0 Å². The van der Waals surface area contributed by atoms with Gasteiger partial charge in [-0.25, -0.2) is 4.79 Å². The van der Waals surface area contributed by atoms with Gasteiger partial charge in [-0.05, 0) is 83.8 Å². The molecular weight excluding hydrogens is 659 g/mol. The molecule has 0 saturated heterocycles. The number of esters is 1. The Labute approximate surface area is 286 Å². The van der Waals surface area contributed by atoms with Gasteiger partial charge >= 0.3 is 16.3 Å². The number of aromatic hydroxyl groups is 1. The summed E-state index contributed by atoms with van der Waals surface area (Å²) in [6.07, 6.45) is 0.705. The van der Waals surface area contributed by atoms with Gasteiger partial charge in [0.05, 0.1) is 20.1 Å². The number of aliphatic hydroxyl groups excluding tert-OH is 2. The van der Waals surface area contributed by atoms with Crippen molar-refractivity contribution >= 4 is 28.0 Å². The van der Waals surface area contributed by atoms with Crippen molar-refractivity contribution in [2.24, 2.45) is 0 Å². The zero-order valence-electron chi connectivity index (χ0n) is 28.0. The Kier molecular flexibility index (Phi) is 11.6. The van der Waals surface area contributed by atoms with Gasteiger partial charge < -0.3 is 33.7 Å². The van der Waals surface area contributed by atoms with Crippen LogP contribution in [-0.4, -0.2) is 56.6 Å². The highest BCUT2D eigenvalue weighted by atomic mass is 32.2. The van der Waals surface area contributed by atoms with E-state index in [9.17, 15) is 23.4 Å². The van der Waals surface area contributed by atoms with Crippen molar-refractivity contribution in [2.75, 3.05) is 26.9 Å². The van der Waals surface area contributed by atoms with Gasteiger partial charge in [0.15, 0.2) is 11.5 Å². The fourth-order valence-electron chi connectivity index (χ4n) is 5.37. The van der Waals surface area contributed by atoms with Crippen LogP contribution in [0.15, 0.2) is 70.2 Å². The Balaban J connectivity index is 1.72. The largest absolute Gasteiger partial charge is 0.511 e. The smallest absolute Gasteiger partial charge is 0.382 e. The lowest BCUT2D eigenvalue weighted by Crippen LogP contribution is -2.38. The molecule has 3 aromatic carbocycles. The summed E-state index contributed by atoms with van der Waals surface area (Å²) < 4.78 is 49.4. The first kappa shape index (κ1) is 36.9. The number of aryl methyl sites for hydroxylation is 2. The summed E-state index contributed by atoms with van der Waals surface area (Å²) in [6.45, 7) is 9.38. The average molecular weight is 702 g/mol. The molecule has 0 radical (unpaired) electrons. The van der Waals surface area contributed by atoms with Crippen molar-refractivity contribution in [3.8, 4) is 23.0 Å². The van der Waals surface area contributed by atoms with E-state index in [0.29, 0.717) is 45.9 Å². The minimum atomic E-state index is -4.02. The first-order valence-electron chi connectivity index (χ1n) is 15.5. The molecule has 48 heavy (non-hydrogen) atoms. The van der Waals surface area contributed by atoms with Crippen LogP contribution in [0.1, 0.15) is 62.8 Å². The number of nitrogens with one attached hydrogen (secondary N) is 1. The quantitative estimate of drug-likeness (QED) is 0.147. The lowest BCUT2D eigenvalue weighted by molar-refractivity contribution is -0.160. The molecule has 0 spiro atoms. The second-order valence-electron chi connectivity index (χ2n) is 12.4. The van der Waals surface area contributed by atoms with Gasteiger partial charge in [-0.3, -0.25) is 0 Å². The fraction of sp³-hybridized carbons (Fsp3) is 0.400. The minimum Gasteiger partial charge on any atom is -0.511 e. The topological polar surface area (TPSA) is 161 Å². The molecule has 0 bridgehead atoms. The van der Waals surface area contributed by atoms with Crippen molar-refractivity contribution in [3.05, 3.63) is 87.5 Å². The van der Waals surface area contributed by atoms with Crippen molar-refractivity contribution in [1.82, 2.24) is 4.72 Å². The molecule has 4 rings (SSSR count). The molecule has 260 valence electrons. The van der Waals surface area contributed by atoms with Crippen LogP contribution < -0.4 is 18.4 Å². The highest BCUT2D eigenvalue weighted by molar-refractivity contribution is 8.04. The van der Waals surface area contributed by atoms with E-state index in [1.54, 1.807) is 62.4 Å². The fourth-order valence-corrected chi connectivity index (χ4v) is 7.45. The summed E-state index contributed by atoms with van der Waals surface area (Å²) in [6, 6.07) is 15.4. The summed E-state index contributed by atoms with van der Waals surface area (Å²) in [4.78, 5) is 14.5. The third kappa shape index (κ3) is 8.76. The van der Waals surface area contributed by atoms with E-state index in [1.165, 1.54) is 13.2 Å². The number of rotatable bonds is 14. The van der Waals surface area contributed by atoms with E-state index in [-0.39, 0.29) is 48.3 Å². The third-order valence-electron chi connectivity index (χ3n) is 7.81. The van der Waals surface area contributed by atoms with Gasteiger partial charge in [0, 0.05) is 11.4 Å². The Morgan fingerprint density at radius 2 is 1.75 bits per heavy atom. The Bertz CT molecular complexity index is 1760. The second-order valence-corrected chi connectivity index (χ2v) is 14.9. The number of carbonyl (C=O) groups is 1. The number of hydrogen-bond donors (Lipinski definition) is 4. The molecule has 0 amide bonds. The van der Waals surface area contributed by atoms with Gasteiger partial charge in [-0.15, -0.1) is 0 Å². The number of phenolic OH excluding ortho intramolecular Hbond substituents is 1. The van der Waals surface area contributed by atoms with Crippen LogP contribution in [0, 0.1) is 6.92 Å². The van der Waals surface area contributed by atoms with E-state index in [4.69, 9.17) is 23.5 Å². The van der Waals surface area contributed by atoms with Gasteiger partial charge in [0.2, 0.25) is 0 Å². The normalized spacial score (nSPS) is 16.9. The van der Waals surface area contributed by atoms with Crippen molar-refractivity contribution in [2.45, 2.75) is 69.8 Å². The zero-order valence-corrected chi connectivity index (χ0v) is 29.6. The number of thioether (sulfide) groups is 1. The van der Waals surface area contributed by atoms with Gasteiger partial charge in [0.25, 0.3) is 0 Å². The summed E-state index contributed by atoms with van der Waals surface area (Å²) in [5.41, 5.74) is 0.980. The Morgan fingerprint density at radius 1 is 1.04 bits per heavy atom. The second kappa shape index (κ2) is 15.1. The van der Waals surface area contributed by atoms with E-state index in [0.717, 1.165) is 17.3 Å². The molecule has 4 N–H and O–H groups in total. The molecule has 3 aromatic rings. The maximum Gasteiger partial charge on any atom is 0.382 e. The SMILES string of the molecule is CCNS(=O)(=O)Oc1cc(C(C)(C)C)c(SC2=C(O)CC(CCc3ccc(O)c(OC)c3)(c3ccc(OCCO)cc3)OC2=O)cc1C. The molecular formula is C35H43NO10S2. The number of cyclic esters (lactones) is 1. The highest BCUT2D eigenvalue weighted by Crippen LogP contribution is 2.48. The number of carbonyl (C=O) groups excluding carboxylic acids is 1. The third-order valence-corrected chi connectivity index (χ3v) is 10.0. The summed E-state index contributed by atoms with van der Waals surface area (Å²) in [7, 11) is -2.56. The number of phenols is 1. The Morgan fingerprint density at radius 3 is 2.35 bits per heavy atom. The predicted octanol–water partition coefficient (Wildman–Crippen LogP) is 5.95. The molecule has 0 aromatic heterocycles. The van der Waals surface area contributed by atoms with Crippen LogP contribution in [0.25, 0.3) is 0 Å². The molecule has 1 unspecified atom stereocenters. The van der Waals surface area contributed by atoms with Crippen molar-refractivity contribution < 1.29 is 46.9 Å². The van der Waals surface area contributed by atoms with Crippen LogP contribution in [0.2, 0.25) is 0 Å². The van der Waals surface area contributed by atoms with Crippen molar-refractivity contribution in [1.29, 1.82) is 0 Å². The molecule has 1 atom stereocenters. The van der Waals surface area contributed by atoms with E-state index < -0.39 is 27.3 Å². The maximum absolute atomic E-state index is 13.9. The van der Waals surface area contributed by atoms with Gasteiger partial charge in [-0.1, -0.05) is 57.7 Å². The molecule has 1 aliphatic heterocycles. The number of benzene rings is 3. The van der Waals surface area contributed by atoms with Gasteiger partial charge in [-0.2, -0.15) is 13.1 Å². The number of methoxy groups -OCH3 is 1. The average Bonchev–Trinajstić information content (AvgIpc) is 3.02. The minimum absolute atomic E-state index is 0.00415. The monoisotopic (exact) mass is 701 g/mol. The summed E-state index contributed by atoms with van der Waals surface area (Å²) in [5.74, 6) is 0.151. The summed E-state index contributed by atoms with van der Waals surface area (Å²) >= 11 is 1.06. The number of aliphatic hydroxyl groups is 2. The molecule has 0 fully saturated rings. The van der Waals surface area contributed by atoms with E-state index in [1.807, 2.05) is 20.8 Å². The van der Waals surface area contributed by atoms with Crippen LogP contribution >= 0.6 is 11.8 Å². The first-order valence-corrected chi connectivity index (χ1v) is 17.7. The first-order chi connectivity index (χ1) is 22.6. The lowest BCUT2D eigenvalue weighted by atomic mass is 9.82. The molecule has 11 nitrogen and oxygen atoms in total. The lowest BCUT2D eigenvalue weighted by Gasteiger charge is -2.38. The molecule has 1 heterocycles. The Hall–Kier alpha value is -3.91. The summed E-state index contributed by atoms with van der Waals surface area (Å²) in [5, 5.41) is 30.7. The van der Waals surface area contributed by atoms with Crippen LogP contribution in [0.5, 0.6) is 23.0 Å². The van der Waals surface area contributed by atoms with Crippen LogP contribution in [-0.2, 0) is 37.3 Å². The standard InChI is InChI=1S/C35H43NO10S2/c1-7-36-48(41,42)46-29-20-26(34(3,4)5)31(18-22(29)2)47-32-28(39)21-35(45-33(32)40,24-9-11-25(12-10-24)44-17-16-37)15-14-23-8-13-27(38)30(19-23)43-6/h8-13,18-20,36-39H,7,14-17,21H2,1-6H3. The molecule has 1 aliphatic rings. The maximum atomic E-state index is 13.9.